The number of anilines is 6. The molecule has 3 heteroatoms. The largest absolute Gasteiger partial charge is 0.310 e. The third-order valence-corrected chi connectivity index (χ3v) is 17.0. The van der Waals surface area contributed by atoms with Gasteiger partial charge in [0.15, 0.2) is 0 Å². The minimum absolute atomic E-state index is 0.00712. The zero-order chi connectivity index (χ0) is 41.2. The topological polar surface area (TPSA) is 6.48 Å². The summed E-state index contributed by atoms with van der Waals surface area (Å²) in [5.74, 6) is 3.78. The van der Waals surface area contributed by atoms with E-state index in [2.05, 4.69) is 187 Å². The van der Waals surface area contributed by atoms with Crippen LogP contribution in [0.15, 0.2) is 170 Å². The molecule has 8 aromatic rings. The maximum atomic E-state index is 2.54. The number of rotatable bonds is 9. The van der Waals surface area contributed by atoms with Gasteiger partial charge in [-0.1, -0.05) is 116 Å². The second-order valence-electron chi connectivity index (χ2n) is 19.3. The van der Waals surface area contributed by atoms with Crippen molar-refractivity contribution in [2.75, 3.05) is 9.80 Å². The second-order valence-corrected chi connectivity index (χ2v) is 20.3. The maximum absolute atomic E-state index is 2.54. The molecule has 0 amide bonds. The smallest absolute Gasteiger partial charge is 0.0490 e. The van der Waals surface area contributed by atoms with E-state index >= 15 is 0 Å². The Labute approximate surface area is 371 Å². The van der Waals surface area contributed by atoms with Crippen molar-refractivity contribution in [1.82, 2.24) is 0 Å². The Kier molecular flexibility index (Phi) is 9.59. The van der Waals surface area contributed by atoms with Crippen molar-refractivity contribution in [2.24, 2.45) is 23.7 Å². The number of nitrogens with zero attached hydrogens (tertiary/aromatic N) is 2. The van der Waals surface area contributed by atoms with Crippen molar-refractivity contribution in [3.8, 4) is 0 Å². The molecule has 0 saturated heterocycles. The summed E-state index contributed by atoms with van der Waals surface area (Å²) in [6.45, 7) is 2.23. The Hall–Kier alpha value is -5.64. The van der Waals surface area contributed by atoms with Crippen molar-refractivity contribution < 1.29 is 0 Å². The highest BCUT2D eigenvalue weighted by molar-refractivity contribution is 7.25. The maximum Gasteiger partial charge on any atom is 0.0490 e. The number of benzene rings is 7. The summed E-state index contributed by atoms with van der Waals surface area (Å²) in [6.07, 6.45) is 13.6. The fourth-order valence-corrected chi connectivity index (χ4v) is 14.4. The van der Waals surface area contributed by atoms with Crippen LogP contribution in [0.25, 0.3) is 20.2 Å². The van der Waals surface area contributed by atoms with Gasteiger partial charge in [-0.05, 0) is 177 Å². The van der Waals surface area contributed by atoms with Crippen molar-refractivity contribution in [3.63, 3.8) is 0 Å². The molecule has 1 aromatic heterocycles. The monoisotopic (exact) mass is 824 g/mol. The molecular formula is C59H56N2S. The van der Waals surface area contributed by atoms with E-state index in [0.717, 1.165) is 11.8 Å². The zero-order valence-corrected chi connectivity index (χ0v) is 36.7. The minimum atomic E-state index is 0.00712. The normalized spacial score (nSPS) is 23.2. The Balaban J connectivity index is 0.954. The van der Waals surface area contributed by atoms with Crippen LogP contribution in [0.4, 0.5) is 34.1 Å². The van der Waals surface area contributed by atoms with Gasteiger partial charge in [-0.2, -0.15) is 0 Å². The number of thiophene rings is 1. The number of fused-ring (bicyclic) bond motifs is 3. The van der Waals surface area contributed by atoms with E-state index in [9.17, 15) is 0 Å². The average molecular weight is 825 g/mol. The van der Waals surface area contributed by atoms with Gasteiger partial charge in [0, 0.05) is 59.7 Å². The molecule has 0 spiro atoms. The van der Waals surface area contributed by atoms with Crippen LogP contribution in [0.3, 0.4) is 0 Å². The lowest BCUT2D eigenvalue weighted by Gasteiger charge is -2.62. The molecule has 2 nitrogen and oxygen atoms in total. The quantitative estimate of drug-likeness (QED) is 0.143. The lowest BCUT2D eigenvalue weighted by Crippen LogP contribution is -2.56. The summed E-state index contributed by atoms with van der Waals surface area (Å²) in [7, 11) is 0. The molecule has 5 fully saturated rings. The summed E-state index contributed by atoms with van der Waals surface area (Å²) >= 11 is 1.91. The number of hydrogen-bond acceptors (Lipinski definition) is 3. The van der Waals surface area contributed by atoms with Crippen LogP contribution in [-0.2, 0) is 5.41 Å². The molecule has 0 N–H and O–H groups in total. The Bertz CT molecular complexity index is 2820. The summed E-state index contributed by atoms with van der Waals surface area (Å²) in [5, 5.41) is 2.70. The van der Waals surface area contributed by atoms with E-state index in [-0.39, 0.29) is 5.41 Å². The summed E-state index contributed by atoms with van der Waals surface area (Å²) < 4.78 is 2.69. The van der Waals surface area contributed by atoms with Gasteiger partial charge in [0.1, 0.15) is 0 Å². The predicted molar refractivity (Wildman–Crippen MR) is 264 cm³/mol. The third-order valence-electron chi connectivity index (χ3n) is 15.9. The van der Waals surface area contributed by atoms with Crippen LogP contribution in [0.1, 0.15) is 92.4 Å². The number of hydrogen-bond donors (Lipinski definition) is 0. The first-order chi connectivity index (χ1) is 30.6. The SMILES string of the molecule is Cc1ccccc1N(c1ccccc1)c1ccc(C2(c3ccc(N(c4ccc(C5CCCCC5)cc4)c4ccc5c(c4)sc4ccccc45)cc3)C3CC4CC(C3)CC2C4)cc1. The van der Waals surface area contributed by atoms with Crippen molar-refractivity contribution in [2.45, 2.75) is 82.5 Å². The third kappa shape index (κ3) is 6.41. The lowest BCUT2D eigenvalue weighted by molar-refractivity contribution is -0.0418. The molecule has 7 aromatic carbocycles. The fourth-order valence-electron chi connectivity index (χ4n) is 13.3. The van der Waals surface area contributed by atoms with Gasteiger partial charge in [-0.25, -0.2) is 0 Å². The molecule has 5 saturated carbocycles. The molecule has 13 rings (SSSR count). The van der Waals surface area contributed by atoms with Gasteiger partial charge >= 0.3 is 0 Å². The van der Waals surface area contributed by atoms with Gasteiger partial charge < -0.3 is 9.80 Å². The molecule has 0 unspecified atom stereocenters. The van der Waals surface area contributed by atoms with Gasteiger partial charge in [-0.3, -0.25) is 0 Å². The van der Waals surface area contributed by atoms with Crippen molar-refractivity contribution >= 4 is 65.6 Å². The first-order valence-electron chi connectivity index (χ1n) is 23.5. The molecule has 0 aliphatic heterocycles. The molecular weight excluding hydrogens is 769 g/mol. The van der Waals surface area contributed by atoms with Crippen molar-refractivity contribution in [3.05, 3.63) is 192 Å². The van der Waals surface area contributed by atoms with Gasteiger partial charge in [0.2, 0.25) is 0 Å². The van der Waals surface area contributed by atoms with Crippen LogP contribution in [0, 0.1) is 30.6 Å². The van der Waals surface area contributed by atoms with Crippen LogP contribution < -0.4 is 9.80 Å². The van der Waals surface area contributed by atoms with Crippen LogP contribution in [-0.4, -0.2) is 0 Å². The number of aryl methyl sites for hydroxylation is 1. The summed E-state index contributed by atoms with van der Waals surface area (Å²) in [4.78, 5) is 4.95. The van der Waals surface area contributed by atoms with E-state index in [1.54, 1.807) is 0 Å². The van der Waals surface area contributed by atoms with E-state index in [1.807, 2.05) is 11.3 Å². The molecule has 5 aliphatic carbocycles. The summed E-state index contributed by atoms with van der Waals surface area (Å²) in [5.41, 5.74) is 13.1. The molecule has 0 atom stereocenters. The Morgan fingerprint density at radius 3 is 1.65 bits per heavy atom. The van der Waals surface area contributed by atoms with Crippen LogP contribution in [0.2, 0.25) is 0 Å². The van der Waals surface area contributed by atoms with E-state index < -0.39 is 0 Å². The molecule has 5 aliphatic rings. The second kappa shape index (κ2) is 15.6. The highest BCUT2D eigenvalue weighted by atomic mass is 32.1. The van der Waals surface area contributed by atoms with Gasteiger partial charge in [-0.15, -0.1) is 11.3 Å². The Morgan fingerprint density at radius 1 is 0.452 bits per heavy atom. The van der Waals surface area contributed by atoms with Crippen LogP contribution in [0.5, 0.6) is 0 Å². The van der Waals surface area contributed by atoms with Crippen molar-refractivity contribution in [1.29, 1.82) is 0 Å². The van der Waals surface area contributed by atoms with E-state index in [1.165, 1.54) is 141 Å². The number of para-hydroxylation sites is 2. The van der Waals surface area contributed by atoms with Crippen LogP contribution >= 0.6 is 11.3 Å². The molecule has 308 valence electrons. The van der Waals surface area contributed by atoms with Gasteiger partial charge in [0.25, 0.3) is 0 Å². The summed E-state index contributed by atoms with van der Waals surface area (Å²) in [6, 6.07) is 65.1. The average Bonchev–Trinajstić information content (AvgIpc) is 3.69. The Morgan fingerprint density at radius 2 is 0.984 bits per heavy atom. The lowest BCUT2D eigenvalue weighted by atomic mass is 9.42. The zero-order valence-electron chi connectivity index (χ0n) is 35.9. The van der Waals surface area contributed by atoms with E-state index in [4.69, 9.17) is 0 Å². The molecule has 62 heavy (non-hydrogen) atoms. The van der Waals surface area contributed by atoms with Gasteiger partial charge in [0.05, 0.1) is 0 Å². The predicted octanol–water partition coefficient (Wildman–Crippen LogP) is 17.1. The minimum Gasteiger partial charge on any atom is -0.310 e. The fraction of sp³-hybridized carbons (Fsp3) is 0.288. The van der Waals surface area contributed by atoms with E-state index in [0.29, 0.717) is 17.8 Å². The molecule has 1 heterocycles. The first-order valence-corrected chi connectivity index (χ1v) is 24.3. The molecule has 0 radical (unpaired) electrons. The highest BCUT2D eigenvalue weighted by Crippen LogP contribution is 2.65. The first kappa shape index (κ1) is 38.1. The highest BCUT2D eigenvalue weighted by Gasteiger charge is 2.58. The molecule has 4 bridgehead atoms. The standard InChI is InChI=1S/C59H56N2S/c1-40-12-8-10-18-56(40)61(49-15-6-3-7-16-49)52-30-24-46(25-31-52)59(47-35-41-34-42(37-47)38-48(59)36-41)45-22-28-51(29-23-45)60(50-26-20-44(21-27-50)43-13-4-2-5-14-43)53-32-33-55-54-17-9-11-19-57(54)62-58(55)39-53/h3,6-12,15-33,39,41-43,47-48H,2,4-5,13-14,34-38H2,1H3.